The van der Waals surface area contributed by atoms with Gasteiger partial charge in [-0.15, -0.1) is 0 Å². The Bertz CT molecular complexity index is 827. The van der Waals surface area contributed by atoms with Crippen LogP contribution >= 0.6 is 0 Å². The molecule has 0 bridgehead atoms. The topological polar surface area (TPSA) is 29.1 Å². The first kappa shape index (κ1) is 13.8. The number of benzene rings is 3. The number of fused-ring (bicyclic) bond motifs is 1. The van der Waals surface area contributed by atoms with Crippen molar-refractivity contribution < 1.29 is 4.79 Å². The third-order valence-corrected chi connectivity index (χ3v) is 4.44. The van der Waals surface area contributed by atoms with Gasteiger partial charge in [-0.05, 0) is 23.3 Å². The summed E-state index contributed by atoms with van der Waals surface area (Å²) < 4.78 is 0. The van der Waals surface area contributed by atoms with Gasteiger partial charge in [0.25, 0.3) is 0 Å². The van der Waals surface area contributed by atoms with E-state index in [1.165, 1.54) is 0 Å². The molecule has 112 valence electrons. The fourth-order valence-electron chi connectivity index (χ4n) is 3.33. The summed E-state index contributed by atoms with van der Waals surface area (Å²) in [6.45, 7) is 0. The second-order valence-electron chi connectivity index (χ2n) is 5.83. The molecule has 23 heavy (non-hydrogen) atoms. The van der Waals surface area contributed by atoms with Crippen LogP contribution in [0.1, 0.15) is 33.4 Å². The molecule has 2 atom stereocenters. The van der Waals surface area contributed by atoms with Crippen LogP contribution in [0.25, 0.3) is 0 Å². The van der Waals surface area contributed by atoms with E-state index in [-0.39, 0.29) is 17.7 Å². The Balaban J connectivity index is 1.87. The molecule has 0 saturated carbocycles. The standard InChI is InChI=1S/C21H17NO/c23-21-17-13-7-8-14-18(17)22-20(16-11-5-2-6-12-16)19(21)15-9-3-1-4-10-15/h1-14,19-20,22H/t19-,20-/m1/s1. The summed E-state index contributed by atoms with van der Waals surface area (Å²) in [6.07, 6.45) is 0. The molecule has 0 amide bonds. The summed E-state index contributed by atoms with van der Waals surface area (Å²) in [6, 6.07) is 27.9. The van der Waals surface area contributed by atoms with Crippen molar-refractivity contribution >= 4 is 11.5 Å². The summed E-state index contributed by atoms with van der Waals surface area (Å²) in [4.78, 5) is 13.2. The van der Waals surface area contributed by atoms with Crippen LogP contribution in [-0.4, -0.2) is 5.78 Å². The summed E-state index contributed by atoms with van der Waals surface area (Å²) >= 11 is 0. The molecule has 1 aliphatic rings. The van der Waals surface area contributed by atoms with Crippen LogP contribution in [0.15, 0.2) is 84.9 Å². The number of hydrogen-bond donors (Lipinski definition) is 1. The lowest BCUT2D eigenvalue weighted by Gasteiger charge is -2.34. The van der Waals surface area contributed by atoms with Crippen molar-refractivity contribution in [1.29, 1.82) is 0 Å². The summed E-state index contributed by atoms with van der Waals surface area (Å²) in [7, 11) is 0. The Hall–Kier alpha value is -2.87. The van der Waals surface area contributed by atoms with E-state index in [4.69, 9.17) is 0 Å². The van der Waals surface area contributed by atoms with E-state index in [1.807, 2.05) is 72.8 Å². The van der Waals surface area contributed by atoms with Gasteiger partial charge in [-0.2, -0.15) is 0 Å². The SMILES string of the molecule is O=C1c2ccccc2N[C@H](c2ccccc2)[C@H]1c1ccccc1. The summed E-state index contributed by atoms with van der Waals surface area (Å²) in [5.41, 5.74) is 3.87. The van der Waals surface area contributed by atoms with Gasteiger partial charge in [-0.1, -0.05) is 72.8 Å². The number of Topliss-reactive ketones (excluding diaryl/α,β-unsaturated/α-hetero) is 1. The molecule has 0 saturated heterocycles. The number of carbonyl (C=O) groups excluding carboxylic acids is 1. The molecule has 0 unspecified atom stereocenters. The number of carbonyl (C=O) groups is 1. The van der Waals surface area contributed by atoms with Gasteiger partial charge in [0, 0.05) is 11.3 Å². The highest BCUT2D eigenvalue weighted by molar-refractivity contribution is 6.07. The van der Waals surface area contributed by atoms with Crippen LogP contribution < -0.4 is 5.32 Å². The van der Waals surface area contributed by atoms with Crippen LogP contribution in [0.4, 0.5) is 5.69 Å². The van der Waals surface area contributed by atoms with E-state index in [1.54, 1.807) is 0 Å². The number of hydrogen-bond acceptors (Lipinski definition) is 2. The van der Waals surface area contributed by atoms with Gasteiger partial charge in [-0.25, -0.2) is 0 Å². The van der Waals surface area contributed by atoms with Crippen molar-refractivity contribution in [1.82, 2.24) is 0 Å². The highest BCUT2D eigenvalue weighted by Crippen LogP contribution is 2.42. The molecule has 0 fully saturated rings. The average molecular weight is 299 g/mol. The first-order valence-corrected chi connectivity index (χ1v) is 7.84. The van der Waals surface area contributed by atoms with Crippen LogP contribution in [0.3, 0.4) is 0 Å². The molecule has 0 aromatic heterocycles. The molecule has 3 aromatic rings. The summed E-state index contributed by atoms with van der Waals surface area (Å²) in [5, 5.41) is 3.57. The highest BCUT2D eigenvalue weighted by Gasteiger charge is 2.36. The highest BCUT2D eigenvalue weighted by atomic mass is 16.1. The average Bonchev–Trinajstić information content (AvgIpc) is 2.63. The van der Waals surface area contributed by atoms with Gasteiger partial charge in [0.15, 0.2) is 5.78 Å². The lowest BCUT2D eigenvalue weighted by molar-refractivity contribution is 0.0945. The third kappa shape index (κ3) is 2.42. The van der Waals surface area contributed by atoms with Crippen molar-refractivity contribution in [2.75, 3.05) is 5.32 Å². The third-order valence-electron chi connectivity index (χ3n) is 4.44. The fourth-order valence-corrected chi connectivity index (χ4v) is 3.33. The molecule has 0 spiro atoms. The second kappa shape index (κ2) is 5.73. The Morgan fingerprint density at radius 1 is 0.652 bits per heavy atom. The Morgan fingerprint density at radius 3 is 1.91 bits per heavy atom. The van der Waals surface area contributed by atoms with E-state index in [0.29, 0.717) is 0 Å². The van der Waals surface area contributed by atoms with E-state index in [0.717, 1.165) is 22.4 Å². The number of ketones is 1. The van der Waals surface area contributed by atoms with Gasteiger partial charge in [0.1, 0.15) is 0 Å². The van der Waals surface area contributed by atoms with Crippen LogP contribution in [-0.2, 0) is 0 Å². The van der Waals surface area contributed by atoms with Gasteiger partial charge < -0.3 is 5.32 Å². The van der Waals surface area contributed by atoms with E-state index in [9.17, 15) is 4.79 Å². The first-order valence-electron chi connectivity index (χ1n) is 7.84. The molecular formula is C21H17NO. The molecule has 0 radical (unpaired) electrons. The molecule has 0 aliphatic carbocycles. The predicted octanol–water partition coefficient (Wildman–Crippen LogP) is 4.82. The molecule has 4 rings (SSSR count). The lowest BCUT2D eigenvalue weighted by atomic mass is 9.78. The molecule has 1 aliphatic heterocycles. The monoisotopic (exact) mass is 299 g/mol. The van der Waals surface area contributed by atoms with Crippen LogP contribution in [0, 0.1) is 0 Å². The van der Waals surface area contributed by atoms with Crippen LogP contribution in [0.5, 0.6) is 0 Å². The van der Waals surface area contributed by atoms with Crippen molar-refractivity contribution in [3.63, 3.8) is 0 Å². The minimum Gasteiger partial charge on any atom is -0.377 e. The second-order valence-corrected chi connectivity index (χ2v) is 5.83. The zero-order valence-corrected chi connectivity index (χ0v) is 12.6. The summed E-state index contributed by atoms with van der Waals surface area (Å²) in [5.74, 6) is -0.0343. The Labute approximate surface area is 135 Å². The van der Waals surface area contributed by atoms with Gasteiger partial charge in [-0.3, -0.25) is 4.79 Å². The number of rotatable bonds is 2. The molecular weight excluding hydrogens is 282 g/mol. The van der Waals surface area contributed by atoms with Crippen molar-refractivity contribution in [2.24, 2.45) is 0 Å². The Kier molecular flexibility index (Phi) is 3.43. The minimum atomic E-state index is -0.214. The van der Waals surface area contributed by atoms with Gasteiger partial charge >= 0.3 is 0 Å². The van der Waals surface area contributed by atoms with Gasteiger partial charge in [0.05, 0.1) is 12.0 Å². The van der Waals surface area contributed by atoms with Crippen LogP contribution in [0.2, 0.25) is 0 Å². The zero-order chi connectivity index (χ0) is 15.6. The first-order chi connectivity index (χ1) is 11.3. The molecule has 1 heterocycles. The van der Waals surface area contributed by atoms with E-state index >= 15 is 0 Å². The zero-order valence-electron chi connectivity index (χ0n) is 12.6. The van der Waals surface area contributed by atoms with Crippen molar-refractivity contribution in [2.45, 2.75) is 12.0 Å². The molecule has 3 aromatic carbocycles. The largest absolute Gasteiger partial charge is 0.377 e. The molecule has 1 N–H and O–H groups in total. The normalized spacial score (nSPS) is 19.7. The fraction of sp³-hybridized carbons (Fsp3) is 0.0952. The molecule has 2 nitrogen and oxygen atoms in total. The van der Waals surface area contributed by atoms with Crippen molar-refractivity contribution in [3.8, 4) is 0 Å². The smallest absolute Gasteiger partial charge is 0.174 e. The van der Waals surface area contributed by atoms with E-state index < -0.39 is 0 Å². The lowest BCUT2D eigenvalue weighted by Crippen LogP contribution is -2.31. The maximum absolute atomic E-state index is 13.2. The number of anilines is 1. The van der Waals surface area contributed by atoms with Gasteiger partial charge in [0.2, 0.25) is 0 Å². The maximum Gasteiger partial charge on any atom is 0.174 e. The van der Waals surface area contributed by atoms with E-state index in [2.05, 4.69) is 17.4 Å². The van der Waals surface area contributed by atoms with Crippen molar-refractivity contribution in [3.05, 3.63) is 102 Å². The quantitative estimate of drug-likeness (QED) is 0.735. The number of nitrogens with one attached hydrogen (secondary N) is 1. The molecule has 2 heteroatoms. The maximum atomic E-state index is 13.2. The minimum absolute atomic E-state index is 0.0546. The number of para-hydroxylation sites is 1. The Morgan fingerprint density at radius 2 is 1.22 bits per heavy atom. The predicted molar refractivity (Wildman–Crippen MR) is 92.8 cm³/mol.